The van der Waals surface area contributed by atoms with Gasteiger partial charge in [0.25, 0.3) is 5.91 Å². The molecule has 1 aromatic heterocycles. The van der Waals surface area contributed by atoms with Crippen LogP contribution in [0.1, 0.15) is 12.5 Å². The first-order chi connectivity index (χ1) is 13.1. The summed E-state index contributed by atoms with van der Waals surface area (Å²) in [7, 11) is 3.17. The first kappa shape index (κ1) is 19.2. The number of nitrogens with one attached hydrogen (secondary N) is 1. The van der Waals surface area contributed by atoms with Crippen molar-refractivity contribution >= 4 is 45.4 Å². The second-order valence-corrected chi connectivity index (χ2v) is 8.17. The maximum Gasteiger partial charge on any atom is 0.253 e. The van der Waals surface area contributed by atoms with Gasteiger partial charge in [-0.15, -0.1) is 11.3 Å². The Morgan fingerprint density at radius 3 is 2.81 bits per heavy atom. The summed E-state index contributed by atoms with van der Waals surface area (Å²) in [4.78, 5) is 16.8. The van der Waals surface area contributed by atoms with Crippen molar-refractivity contribution in [2.75, 3.05) is 14.2 Å². The van der Waals surface area contributed by atoms with E-state index in [9.17, 15) is 4.79 Å². The molecule has 8 heteroatoms. The minimum absolute atomic E-state index is 0.197. The van der Waals surface area contributed by atoms with Gasteiger partial charge in [-0.2, -0.15) is 5.10 Å². The highest BCUT2D eigenvalue weighted by Crippen LogP contribution is 2.31. The molecule has 2 aromatic carbocycles. The molecular formula is C19H19N3O3S2. The van der Waals surface area contributed by atoms with E-state index in [0.29, 0.717) is 17.1 Å². The fraction of sp³-hybridized carbons (Fsp3) is 0.211. The Morgan fingerprint density at radius 2 is 2.07 bits per heavy atom. The molecule has 6 nitrogen and oxygen atoms in total. The fourth-order valence-corrected chi connectivity index (χ4v) is 4.51. The van der Waals surface area contributed by atoms with Crippen molar-refractivity contribution in [2.45, 2.75) is 16.5 Å². The van der Waals surface area contributed by atoms with E-state index < -0.39 is 0 Å². The van der Waals surface area contributed by atoms with Crippen LogP contribution in [0.4, 0.5) is 0 Å². The molecule has 0 aliphatic heterocycles. The van der Waals surface area contributed by atoms with Gasteiger partial charge < -0.3 is 9.47 Å². The van der Waals surface area contributed by atoms with Crippen molar-refractivity contribution in [1.29, 1.82) is 0 Å². The minimum atomic E-state index is -0.324. The van der Waals surface area contributed by atoms with Crippen LogP contribution in [0, 0.1) is 0 Å². The molecule has 1 heterocycles. The lowest BCUT2D eigenvalue weighted by molar-refractivity contribution is -0.120. The van der Waals surface area contributed by atoms with Gasteiger partial charge in [0.05, 0.1) is 35.9 Å². The topological polar surface area (TPSA) is 72.8 Å². The van der Waals surface area contributed by atoms with E-state index >= 15 is 0 Å². The normalized spacial score (nSPS) is 12.3. The molecule has 0 radical (unpaired) electrons. The molecule has 0 bridgehead atoms. The van der Waals surface area contributed by atoms with Crippen LogP contribution in [-0.4, -0.2) is 36.6 Å². The number of hydrogen-bond acceptors (Lipinski definition) is 7. The third-order valence-electron chi connectivity index (χ3n) is 3.74. The van der Waals surface area contributed by atoms with E-state index in [4.69, 9.17) is 9.47 Å². The van der Waals surface area contributed by atoms with E-state index in [0.717, 1.165) is 14.6 Å². The fourth-order valence-electron chi connectivity index (χ4n) is 2.30. The van der Waals surface area contributed by atoms with E-state index in [1.165, 1.54) is 18.0 Å². The molecule has 27 heavy (non-hydrogen) atoms. The summed E-state index contributed by atoms with van der Waals surface area (Å²) in [6.07, 6.45) is 1.54. The number of hydrogen-bond donors (Lipinski definition) is 1. The van der Waals surface area contributed by atoms with Crippen LogP contribution in [0.2, 0.25) is 0 Å². The second kappa shape index (κ2) is 8.88. The molecule has 0 spiro atoms. The quantitative estimate of drug-likeness (QED) is 0.369. The summed E-state index contributed by atoms with van der Waals surface area (Å²) in [5.74, 6) is 1.13. The van der Waals surface area contributed by atoms with Crippen molar-refractivity contribution in [1.82, 2.24) is 10.4 Å². The van der Waals surface area contributed by atoms with Crippen molar-refractivity contribution in [3.05, 3.63) is 48.0 Å². The van der Waals surface area contributed by atoms with Gasteiger partial charge in [0.1, 0.15) is 11.5 Å². The van der Waals surface area contributed by atoms with Crippen LogP contribution in [-0.2, 0) is 4.79 Å². The number of carbonyl (C=O) groups is 1. The van der Waals surface area contributed by atoms with Crippen LogP contribution in [0.3, 0.4) is 0 Å². The standard InChI is InChI=1S/C19H19N3O3S2/c1-12(26-19-21-15-6-4-5-7-17(15)27-19)18(23)22-20-11-13-10-14(24-2)8-9-16(13)25-3/h4-12H,1-3H3,(H,22,23)/b20-11+. The lowest BCUT2D eigenvalue weighted by Gasteiger charge is -2.08. The molecule has 1 unspecified atom stereocenters. The summed E-state index contributed by atoms with van der Waals surface area (Å²) >= 11 is 2.99. The highest BCUT2D eigenvalue weighted by Gasteiger charge is 2.16. The average Bonchev–Trinajstić information content (AvgIpc) is 3.09. The molecule has 3 rings (SSSR count). The Hall–Kier alpha value is -2.58. The smallest absolute Gasteiger partial charge is 0.253 e. The summed E-state index contributed by atoms with van der Waals surface area (Å²) in [5, 5.41) is 3.72. The maximum atomic E-state index is 12.3. The zero-order valence-electron chi connectivity index (χ0n) is 15.1. The molecule has 1 amide bonds. The monoisotopic (exact) mass is 401 g/mol. The van der Waals surface area contributed by atoms with Gasteiger partial charge in [0.15, 0.2) is 4.34 Å². The average molecular weight is 402 g/mol. The Kier molecular flexibility index (Phi) is 6.31. The number of thiazole rings is 1. The number of para-hydroxylation sites is 1. The molecule has 1 N–H and O–H groups in total. The molecular weight excluding hydrogens is 382 g/mol. The molecule has 0 saturated heterocycles. The van der Waals surface area contributed by atoms with Gasteiger partial charge in [-0.05, 0) is 37.3 Å². The number of amides is 1. The molecule has 0 aliphatic rings. The van der Waals surface area contributed by atoms with Crippen LogP contribution >= 0.6 is 23.1 Å². The van der Waals surface area contributed by atoms with Gasteiger partial charge in [0.2, 0.25) is 0 Å². The Morgan fingerprint density at radius 1 is 1.26 bits per heavy atom. The van der Waals surface area contributed by atoms with Gasteiger partial charge in [0, 0.05) is 5.56 Å². The summed E-state index contributed by atoms with van der Waals surface area (Å²) in [5.41, 5.74) is 4.22. The van der Waals surface area contributed by atoms with Crippen LogP contribution in [0.5, 0.6) is 11.5 Å². The van der Waals surface area contributed by atoms with Crippen molar-refractivity contribution in [3.63, 3.8) is 0 Å². The van der Waals surface area contributed by atoms with Crippen LogP contribution in [0.25, 0.3) is 10.2 Å². The number of aromatic nitrogens is 1. The first-order valence-corrected chi connectivity index (χ1v) is 9.87. The van der Waals surface area contributed by atoms with Crippen LogP contribution < -0.4 is 14.9 Å². The summed E-state index contributed by atoms with van der Waals surface area (Å²) in [6.45, 7) is 1.83. The van der Waals surface area contributed by atoms with Crippen molar-refractivity contribution in [2.24, 2.45) is 5.10 Å². The third-order valence-corrected chi connectivity index (χ3v) is 5.97. The number of fused-ring (bicyclic) bond motifs is 1. The summed E-state index contributed by atoms with van der Waals surface area (Å²) in [6, 6.07) is 13.3. The first-order valence-electron chi connectivity index (χ1n) is 8.18. The second-order valence-electron chi connectivity index (χ2n) is 5.55. The number of benzene rings is 2. The molecule has 3 aromatic rings. The Bertz CT molecular complexity index is 939. The number of hydrazone groups is 1. The zero-order valence-corrected chi connectivity index (χ0v) is 16.8. The van der Waals surface area contributed by atoms with Crippen molar-refractivity contribution < 1.29 is 14.3 Å². The van der Waals surface area contributed by atoms with Gasteiger partial charge >= 0.3 is 0 Å². The Balaban J connectivity index is 1.62. The number of nitrogens with zero attached hydrogens (tertiary/aromatic N) is 2. The van der Waals surface area contributed by atoms with Crippen LogP contribution in [0.15, 0.2) is 51.9 Å². The molecule has 0 aliphatic carbocycles. The highest BCUT2D eigenvalue weighted by molar-refractivity contribution is 8.02. The number of rotatable bonds is 7. The lowest BCUT2D eigenvalue weighted by atomic mass is 10.2. The number of ether oxygens (including phenoxy) is 2. The predicted octanol–water partition coefficient (Wildman–Crippen LogP) is 3.94. The lowest BCUT2D eigenvalue weighted by Crippen LogP contribution is -2.26. The van der Waals surface area contributed by atoms with Gasteiger partial charge in [-0.25, -0.2) is 10.4 Å². The van der Waals surface area contributed by atoms with E-state index in [2.05, 4.69) is 15.5 Å². The highest BCUT2D eigenvalue weighted by atomic mass is 32.2. The predicted molar refractivity (Wildman–Crippen MR) is 110 cm³/mol. The maximum absolute atomic E-state index is 12.3. The van der Waals surface area contributed by atoms with Crippen molar-refractivity contribution in [3.8, 4) is 11.5 Å². The summed E-state index contributed by atoms with van der Waals surface area (Å²) < 4.78 is 12.5. The van der Waals surface area contributed by atoms with Gasteiger partial charge in [-0.1, -0.05) is 23.9 Å². The number of carbonyl (C=O) groups excluding carboxylic acids is 1. The zero-order chi connectivity index (χ0) is 19.2. The Labute approximate surface area is 165 Å². The van der Waals surface area contributed by atoms with Gasteiger partial charge in [-0.3, -0.25) is 4.79 Å². The third kappa shape index (κ3) is 4.78. The number of thioether (sulfide) groups is 1. The number of methoxy groups -OCH3 is 2. The minimum Gasteiger partial charge on any atom is -0.497 e. The molecule has 1 atom stereocenters. The molecule has 140 valence electrons. The largest absolute Gasteiger partial charge is 0.497 e. The van der Waals surface area contributed by atoms with E-state index in [1.807, 2.05) is 31.2 Å². The molecule has 0 fully saturated rings. The van der Waals surface area contributed by atoms with E-state index in [-0.39, 0.29) is 11.2 Å². The SMILES string of the molecule is COc1ccc(OC)c(/C=N/NC(=O)C(C)Sc2nc3ccccc3s2)c1. The van der Waals surface area contributed by atoms with E-state index in [1.54, 1.807) is 43.8 Å². The molecule has 0 saturated carbocycles.